The summed E-state index contributed by atoms with van der Waals surface area (Å²) in [6, 6.07) is 14.1. The van der Waals surface area contributed by atoms with Crippen molar-refractivity contribution in [3.8, 4) is 0 Å². The zero-order valence-electron chi connectivity index (χ0n) is 19.9. The number of ether oxygens (including phenoxy) is 1. The van der Waals surface area contributed by atoms with Gasteiger partial charge >= 0.3 is 6.03 Å². The molecule has 0 aromatic heterocycles. The van der Waals surface area contributed by atoms with Crippen molar-refractivity contribution in [2.24, 2.45) is 5.73 Å². The number of nitrogens with zero attached hydrogens (tertiary/aromatic N) is 1. The molecule has 9 nitrogen and oxygen atoms in total. The van der Waals surface area contributed by atoms with Crippen LogP contribution in [0.3, 0.4) is 0 Å². The highest BCUT2D eigenvalue weighted by atomic mass is 16.5. The van der Waals surface area contributed by atoms with E-state index in [0.29, 0.717) is 31.8 Å². The minimum Gasteiger partial charge on any atom is -0.374 e. The number of hydrogen-bond donors (Lipinski definition) is 4. The largest absolute Gasteiger partial charge is 0.374 e. The second kappa shape index (κ2) is 11.1. The summed E-state index contributed by atoms with van der Waals surface area (Å²) >= 11 is 0. The highest BCUT2D eigenvalue weighted by Gasteiger charge is 2.32. The number of nitrogens with one attached hydrogen (secondary N) is 3. The first kappa shape index (κ1) is 25.2. The van der Waals surface area contributed by atoms with Gasteiger partial charge in [-0.25, -0.2) is 4.79 Å². The van der Waals surface area contributed by atoms with Gasteiger partial charge in [0.15, 0.2) is 0 Å². The number of carbonyl (C=O) groups excluding carboxylic acids is 3. The van der Waals surface area contributed by atoms with Gasteiger partial charge in [-0.15, -0.1) is 0 Å². The van der Waals surface area contributed by atoms with Crippen LogP contribution in [0.15, 0.2) is 48.5 Å². The Morgan fingerprint density at radius 3 is 2.53 bits per heavy atom. The third-order valence-corrected chi connectivity index (χ3v) is 5.60. The van der Waals surface area contributed by atoms with Crippen molar-refractivity contribution in [3.63, 3.8) is 0 Å². The van der Waals surface area contributed by atoms with Crippen molar-refractivity contribution in [1.29, 1.82) is 0 Å². The first-order chi connectivity index (χ1) is 16.2. The predicted molar refractivity (Wildman–Crippen MR) is 130 cm³/mol. The minimum atomic E-state index is -1.13. The fourth-order valence-electron chi connectivity index (χ4n) is 3.62. The van der Waals surface area contributed by atoms with E-state index >= 15 is 0 Å². The van der Waals surface area contributed by atoms with Crippen molar-refractivity contribution in [2.45, 2.75) is 45.0 Å². The Morgan fingerprint density at radius 2 is 1.85 bits per heavy atom. The predicted octanol–water partition coefficient (Wildman–Crippen LogP) is 1.76. The molecule has 0 saturated heterocycles. The maximum absolute atomic E-state index is 13.4. The average molecular weight is 468 g/mol. The van der Waals surface area contributed by atoms with E-state index in [1.165, 1.54) is 0 Å². The summed E-state index contributed by atoms with van der Waals surface area (Å²) in [6.07, 6.45) is 0.676. The molecular weight excluding hydrogens is 434 g/mol. The number of carbonyl (C=O) groups is 3. The first-order valence-electron chi connectivity index (χ1n) is 11.3. The van der Waals surface area contributed by atoms with Crippen LogP contribution >= 0.6 is 0 Å². The molecule has 5 N–H and O–H groups in total. The monoisotopic (exact) mass is 467 g/mol. The Labute approximate surface area is 200 Å². The van der Waals surface area contributed by atoms with Gasteiger partial charge in [0.25, 0.3) is 0 Å². The van der Waals surface area contributed by atoms with Crippen LogP contribution in [0.5, 0.6) is 0 Å². The summed E-state index contributed by atoms with van der Waals surface area (Å²) in [7, 11) is 1.55. The molecular formula is C25H33N5O4. The maximum Gasteiger partial charge on any atom is 0.318 e. The van der Waals surface area contributed by atoms with E-state index in [2.05, 4.69) is 16.0 Å². The van der Waals surface area contributed by atoms with Crippen molar-refractivity contribution >= 4 is 23.5 Å². The van der Waals surface area contributed by atoms with Crippen LogP contribution in [-0.2, 0) is 33.9 Å². The Morgan fingerprint density at radius 1 is 1.12 bits per heavy atom. The molecule has 1 atom stereocenters. The quantitative estimate of drug-likeness (QED) is 0.471. The third kappa shape index (κ3) is 6.79. The maximum atomic E-state index is 13.4. The second-order valence-electron chi connectivity index (χ2n) is 8.95. The van der Waals surface area contributed by atoms with Crippen LogP contribution in [0, 0.1) is 0 Å². The van der Waals surface area contributed by atoms with Crippen LogP contribution in [0.2, 0.25) is 0 Å². The van der Waals surface area contributed by atoms with Gasteiger partial charge in [-0.3, -0.25) is 9.59 Å². The van der Waals surface area contributed by atoms with Crippen LogP contribution in [0.1, 0.15) is 30.5 Å². The minimum absolute atomic E-state index is 0.0250. The standard InChI is InChI=1S/C25H33N5O4/c1-25(2,26)23(32)29-21(16-34-15-17-7-5-4-6-8-17)22(31)30-12-11-18-9-10-20(13-19(18)14-30)28-24(33)27-3/h4-10,13,21H,11-12,14-16,26H2,1-3H3,(H,29,32)(H2,27,28,33). The van der Waals surface area contributed by atoms with E-state index in [1.54, 1.807) is 25.8 Å². The molecule has 1 heterocycles. The SMILES string of the molecule is CNC(=O)Nc1ccc2c(c1)CN(C(=O)C(COCc1ccccc1)NC(=O)C(C)(C)N)CC2. The smallest absolute Gasteiger partial charge is 0.318 e. The molecule has 0 saturated carbocycles. The first-order valence-corrected chi connectivity index (χ1v) is 11.3. The normalized spacial score (nSPS) is 14.1. The van der Waals surface area contributed by atoms with Crippen molar-refractivity contribution < 1.29 is 19.1 Å². The number of anilines is 1. The second-order valence-corrected chi connectivity index (χ2v) is 8.95. The average Bonchev–Trinajstić information content (AvgIpc) is 2.82. The Balaban J connectivity index is 1.71. The molecule has 3 rings (SSSR count). The molecule has 4 amide bonds. The molecule has 182 valence electrons. The number of hydrogen-bond acceptors (Lipinski definition) is 5. The lowest BCUT2D eigenvalue weighted by Gasteiger charge is -2.33. The van der Waals surface area contributed by atoms with E-state index in [1.807, 2.05) is 48.5 Å². The van der Waals surface area contributed by atoms with Crippen molar-refractivity contribution in [1.82, 2.24) is 15.5 Å². The molecule has 9 heteroatoms. The number of amides is 4. The molecule has 0 radical (unpaired) electrons. The summed E-state index contributed by atoms with van der Waals surface area (Å²) < 4.78 is 5.79. The van der Waals surface area contributed by atoms with Gasteiger partial charge in [-0.2, -0.15) is 0 Å². The molecule has 1 aliphatic rings. The topological polar surface area (TPSA) is 126 Å². The van der Waals surface area contributed by atoms with Gasteiger partial charge in [0.1, 0.15) is 6.04 Å². The lowest BCUT2D eigenvalue weighted by molar-refractivity contribution is -0.140. The van der Waals surface area contributed by atoms with E-state index in [0.717, 1.165) is 16.7 Å². The zero-order valence-corrected chi connectivity index (χ0v) is 19.9. The summed E-state index contributed by atoms with van der Waals surface area (Å²) in [6.45, 7) is 4.42. The molecule has 0 bridgehead atoms. The van der Waals surface area contributed by atoms with E-state index in [9.17, 15) is 14.4 Å². The highest BCUT2D eigenvalue weighted by molar-refractivity contribution is 5.92. The van der Waals surface area contributed by atoms with Gasteiger partial charge < -0.3 is 31.3 Å². The van der Waals surface area contributed by atoms with Gasteiger partial charge in [0.2, 0.25) is 11.8 Å². The molecule has 1 unspecified atom stereocenters. The molecule has 2 aromatic rings. The number of rotatable bonds is 8. The number of nitrogens with two attached hydrogens (primary N) is 1. The van der Waals surface area contributed by atoms with Gasteiger partial charge in [0, 0.05) is 25.8 Å². The fraction of sp³-hybridized carbons (Fsp3) is 0.400. The molecule has 1 aliphatic heterocycles. The van der Waals surface area contributed by atoms with Crippen LogP contribution < -0.4 is 21.7 Å². The van der Waals surface area contributed by atoms with E-state index in [-0.39, 0.29) is 18.5 Å². The Bertz CT molecular complexity index is 1020. The molecule has 0 spiro atoms. The summed E-state index contributed by atoms with van der Waals surface area (Å²) in [4.78, 5) is 39.3. The highest BCUT2D eigenvalue weighted by Crippen LogP contribution is 2.23. The molecule has 0 aliphatic carbocycles. The van der Waals surface area contributed by atoms with E-state index in [4.69, 9.17) is 10.5 Å². The lowest BCUT2D eigenvalue weighted by Crippen LogP contribution is -2.58. The van der Waals surface area contributed by atoms with Crippen LogP contribution in [0.4, 0.5) is 10.5 Å². The zero-order chi connectivity index (χ0) is 24.7. The van der Waals surface area contributed by atoms with Crippen molar-refractivity contribution in [2.75, 3.05) is 25.5 Å². The van der Waals surface area contributed by atoms with Crippen molar-refractivity contribution in [3.05, 3.63) is 65.2 Å². The summed E-state index contributed by atoms with van der Waals surface area (Å²) in [5.41, 5.74) is 8.50. The van der Waals surface area contributed by atoms with Gasteiger partial charge in [-0.1, -0.05) is 36.4 Å². The Hall–Kier alpha value is -3.43. The number of benzene rings is 2. The summed E-state index contributed by atoms with van der Waals surface area (Å²) in [5.74, 6) is -0.662. The lowest BCUT2D eigenvalue weighted by atomic mass is 9.98. The van der Waals surface area contributed by atoms with Gasteiger partial charge in [-0.05, 0) is 49.1 Å². The van der Waals surface area contributed by atoms with Gasteiger partial charge in [0.05, 0.1) is 18.8 Å². The Kier molecular flexibility index (Phi) is 8.25. The molecule has 34 heavy (non-hydrogen) atoms. The molecule has 0 fully saturated rings. The van der Waals surface area contributed by atoms with Crippen LogP contribution in [0.25, 0.3) is 0 Å². The number of urea groups is 1. The molecule has 2 aromatic carbocycles. The third-order valence-electron chi connectivity index (χ3n) is 5.60. The number of fused-ring (bicyclic) bond motifs is 1. The fourth-order valence-corrected chi connectivity index (χ4v) is 3.62. The summed E-state index contributed by atoms with van der Waals surface area (Å²) in [5, 5.41) is 8.03. The van der Waals surface area contributed by atoms with E-state index < -0.39 is 17.5 Å². The van der Waals surface area contributed by atoms with Crippen LogP contribution in [-0.4, -0.2) is 54.5 Å².